The van der Waals surface area contributed by atoms with Crippen molar-refractivity contribution in [1.82, 2.24) is 64.8 Å². The summed E-state index contributed by atoms with van der Waals surface area (Å²) in [5.41, 5.74) is 16.9. The van der Waals surface area contributed by atoms with Crippen LogP contribution in [-0.2, 0) is 6.61 Å². The third-order valence-electron chi connectivity index (χ3n) is 18.6. The Bertz CT molecular complexity index is 4380. The molecule has 0 amide bonds. The number of benzene rings is 3. The smallest absolute Gasteiger partial charge is 0.184 e. The minimum atomic E-state index is 0.0735. The molecule has 0 bridgehead atoms. The molecule has 692 valence electrons. The lowest BCUT2D eigenvalue weighted by Crippen LogP contribution is -2.24. The molecule has 0 aliphatic heterocycles. The van der Waals surface area contributed by atoms with E-state index in [0.29, 0.717) is 5.02 Å². The fraction of sp³-hybridized carbons (Fsp3) is 0.447. The molecule has 10 heterocycles. The Morgan fingerprint density at radius 1 is 0.394 bits per heavy atom. The molecule has 10 aromatic heterocycles. The van der Waals surface area contributed by atoms with Gasteiger partial charge in [0.25, 0.3) is 0 Å². The van der Waals surface area contributed by atoms with Gasteiger partial charge in [-0.15, -0.1) is 45.3 Å². The van der Waals surface area contributed by atoms with Crippen molar-refractivity contribution in [1.29, 1.82) is 0 Å². The van der Waals surface area contributed by atoms with E-state index in [2.05, 4.69) is 217 Å². The van der Waals surface area contributed by atoms with Crippen molar-refractivity contribution in [2.75, 3.05) is 80.1 Å². The van der Waals surface area contributed by atoms with Gasteiger partial charge < -0.3 is 29.4 Å². The molecular formula is C103H152ClN17O2S4. The first-order chi connectivity index (χ1) is 61.1. The summed E-state index contributed by atoms with van der Waals surface area (Å²) in [6, 6.07) is 41.2. The van der Waals surface area contributed by atoms with Crippen LogP contribution in [0.3, 0.4) is 0 Å². The zero-order valence-electron chi connectivity index (χ0n) is 81.4. The number of ether oxygens (including phenoxy) is 1. The fourth-order valence-electron chi connectivity index (χ4n) is 11.1. The summed E-state index contributed by atoms with van der Waals surface area (Å²) in [5, 5.41) is 15.6. The Hall–Kier alpha value is -9.88. The highest BCUT2D eigenvalue weighted by Gasteiger charge is 2.13. The van der Waals surface area contributed by atoms with Gasteiger partial charge in [0.15, 0.2) is 5.13 Å². The summed E-state index contributed by atoms with van der Waals surface area (Å²) in [7, 11) is 5.68. The highest BCUT2D eigenvalue weighted by atomic mass is 35.5. The van der Waals surface area contributed by atoms with E-state index in [0.717, 1.165) is 92.5 Å². The molecule has 3 aromatic carbocycles. The molecular weight excluding hydrogens is 1670 g/mol. The molecule has 0 aliphatic rings. The van der Waals surface area contributed by atoms with Gasteiger partial charge in [-0.25, -0.2) is 29.9 Å². The van der Waals surface area contributed by atoms with Crippen LogP contribution in [0.25, 0.3) is 0 Å². The zero-order chi connectivity index (χ0) is 94.2. The maximum Gasteiger partial charge on any atom is 0.184 e. The van der Waals surface area contributed by atoms with Crippen LogP contribution in [0, 0.1) is 111 Å². The summed E-state index contributed by atoms with van der Waals surface area (Å²) >= 11 is 12.6. The number of hydrogen-bond acceptors (Lipinski definition) is 23. The summed E-state index contributed by atoms with van der Waals surface area (Å²) in [4.78, 5) is 64.0. The molecule has 13 rings (SSSR count). The first-order valence-electron chi connectivity index (χ1n) is 44.5. The number of thiophene rings is 1. The first kappa shape index (κ1) is 115. The number of pyridine rings is 3. The maximum absolute atomic E-state index is 9.27. The van der Waals surface area contributed by atoms with Crippen molar-refractivity contribution in [2.24, 2.45) is 0 Å². The molecule has 0 atom stereocenters. The van der Waals surface area contributed by atoms with Crippen LogP contribution >= 0.6 is 56.9 Å². The third-order valence-corrected chi connectivity index (χ3v) is 22.4. The van der Waals surface area contributed by atoms with Crippen molar-refractivity contribution < 1.29 is 9.84 Å². The van der Waals surface area contributed by atoms with Gasteiger partial charge in [-0.2, -0.15) is 0 Å². The fourth-order valence-corrected chi connectivity index (χ4v) is 13.6. The number of aliphatic hydroxyl groups is 1. The van der Waals surface area contributed by atoms with Crippen LogP contribution in [0.2, 0.25) is 5.02 Å². The number of aromatic nitrogens is 13. The summed E-state index contributed by atoms with van der Waals surface area (Å²) in [6.07, 6.45) is 39.7. The third kappa shape index (κ3) is 59.7. The molecule has 127 heavy (non-hydrogen) atoms. The van der Waals surface area contributed by atoms with Gasteiger partial charge in [0.2, 0.25) is 0 Å². The topological polar surface area (TPSA) is 210 Å². The average molecular weight is 1820 g/mol. The Labute approximate surface area is 787 Å². The second-order valence-electron chi connectivity index (χ2n) is 30.2. The highest BCUT2D eigenvalue weighted by molar-refractivity contribution is 7.16. The second kappa shape index (κ2) is 74.1. The number of rotatable bonds is 26. The predicted molar refractivity (Wildman–Crippen MR) is 550 cm³/mol. The minimum Gasteiger partial charge on any atom is -0.495 e. The molecule has 0 fully saturated rings. The van der Waals surface area contributed by atoms with E-state index in [1.165, 1.54) is 170 Å². The number of unbranched alkanes of at least 4 members (excludes halogenated alkanes) is 11. The van der Waals surface area contributed by atoms with Gasteiger partial charge >= 0.3 is 0 Å². The van der Waals surface area contributed by atoms with Crippen LogP contribution < -0.4 is 24.3 Å². The summed E-state index contributed by atoms with van der Waals surface area (Å²) < 4.78 is 5.39. The van der Waals surface area contributed by atoms with Gasteiger partial charge in [-0.1, -0.05) is 157 Å². The monoisotopic (exact) mass is 1820 g/mol. The van der Waals surface area contributed by atoms with Crippen LogP contribution in [0.1, 0.15) is 225 Å². The van der Waals surface area contributed by atoms with E-state index in [1.54, 1.807) is 96.8 Å². The van der Waals surface area contributed by atoms with Crippen molar-refractivity contribution >= 4 is 78.5 Å². The number of hydrogen-bond donors (Lipinski definition) is 1. The van der Waals surface area contributed by atoms with Crippen LogP contribution in [0.5, 0.6) is 5.75 Å². The molecule has 0 spiro atoms. The average Bonchev–Trinajstić information content (AvgIpc) is 1.81. The molecule has 13 aromatic rings. The second-order valence-corrected chi connectivity index (χ2v) is 35.3. The lowest BCUT2D eigenvalue weighted by molar-refractivity contribution is 0.281. The van der Waals surface area contributed by atoms with Gasteiger partial charge in [-0.3, -0.25) is 34.9 Å². The lowest BCUT2D eigenvalue weighted by Gasteiger charge is -2.24. The van der Waals surface area contributed by atoms with Gasteiger partial charge in [-0.05, 0) is 252 Å². The first-order valence-corrected chi connectivity index (χ1v) is 48.3. The number of thiazole rings is 3. The molecule has 0 saturated heterocycles. The van der Waals surface area contributed by atoms with Crippen LogP contribution in [0.4, 0.5) is 21.5 Å². The lowest BCUT2D eigenvalue weighted by atomic mass is 10.1. The molecule has 0 aliphatic carbocycles. The van der Waals surface area contributed by atoms with E-state index in [-0.39, 0.29) is 6.61 Å². The number of methoxy groups -OCH3 is 1. The minimum absolute atomic E-state index is 0.0735. The van der Waals surface area contributed by atoms with Crippen molar-refractivity contribution in [3.05, 3.63) is 305 Å². The van der Waals surface area contributed by atoms with E-state index in [9.17, 15) is 5.11 Å². The van der Waals surface area contributed by atoms with Gasteiger partial charge in [0, 0.05) is 164 Å². The van der Waals surface area contributed by atoms with Crippen LogP contribution in [0.15, 0.2) is 207 Å². The molecule has 0 saturated carbocycles. The van der Waals surface area contributed by atoms with E-state index in [4.69, 9.17) is 16.3 Å². The predicted octanol–water partition coefficient (Wildman–Crippen LogP) is 27.5. The molecule has 1 N–H and O–H groups in total. The van der Waals surface area contributed by atoms with Gasteiger partial charge in [0.1, 0.15) is 30.1 Å². The molecule has 0 unspecified atom stereocenters. The Kier molecular flexibility index (Phi) is 67.2. The summed E-state index contributed by atoms with van der Waals surface area (Å²) in [5.74, 6) is 2.45. The number of nitrogens with zero attached hydrogens (tertiary/aromatic N) is 17. The van der Waals surface area contributed by atoms with Crippen molar-refractivity contribution in [2.45, 2.75) is 249 Å². The SMILES string of the molecule is CCCCCCCCN(CCCCCCCC)c1ccc(C)s1.CCCCN(CC)c1ccc(C)c(C)c1.CCN(CC)c1cc(CO)c(C)cc1OC.Cc1ccc(C)cc1.Cc1ccc(Cl)cn1.Cc1cccc(C)n1.Cc1ccccn1.Cc1cnc(N(C)C)s1.Cc1cnccn1.Cc1cncs1.Cc1ncccn1.Cc1nccs1.Cc1ncncn1. The number of halogens is 1. The number of aliphatic hydroxyl groups excluding tert-OH is 1. The number of anilines is 4. The Morgan fingerprint density at radius 3 is 1.31 bits per heavy atom. The van der Waals surface area contributed by atoms with Crippen molar-refractivity contribution in [3.8, 4) is 5.75 Å². The largest absolute Gasteiger partial charge is 0.495 e. The molecule has 24 heteroatoms. The van der Waals surface area contributed by atoms with E-state index < -0.39 is 0 Å². The van der Waals surface area contributed by atoms with Crippen molar-refractivity contribution in [3.63, 3.8) is 0 Å². The molecule has 0 radical (unpaired) electrons. The van der Waals surface area contributed by atoms with Gasteiger partial charge in [0.05, 0.1) is 45.6 Å². The maximum atomic E-state index is 9.27. The van der Waals surface area contributed by atoms with Crippen LogP contribution in [-0.4, -0.2) is 130 Å². The quantitative estimate of drug-likeness (QED) is 0.0500. The number of aryl methyl sites for hydroxylation is 16. The highest BCUT2D eigenvalue weighted by Crippen LogP contribution is 2.32. The van der Waals surface area contributed by atoms with E-state index in [1.807, 2.05) is 184 Å². The normalized spacial score (nSPS) is 9.72. The Balaban J connectivity index is 0.000000705. The standard InChI is InChI=1S/C21H39NS.C14H23N.C13H21NO2.C8H10.C7H9N.C6H6ClN.C6H10N2S.C6H7N.2C5H6N2.C4H5N3.2C4H5NS/c1-4-6-8-10-12-14-18-22(21-17-16-20(3)23-21)19-15-13-11-9-7-5-2;1-5-7-10-15(6-2)14-9-8-12(3)13(4)11-14;1-5-14(6-2)12-8-11(9-15)10(3)7-13(12)16-4;1-7-3-5-8(2)6-4-7;1-6-4-3-5-7(2)8-6;1-5-2-3-6(7)4-8-5;1-5-4-7-6(9-5)8(2)3;1-6-4-2-3-5-7-6;1-5-4-6-2-3-7-5;1-5-6-3-2-4-7-5;1-4-6-2-5-3-7-4;1-4-2-5-3-6-4;1-4-5-2-3-6-4/h16-17H,4-15,18-19H2,1-3H3;8-9,11H,5-7,10H2,1-4H3;7-8,15H,5-6,9H2,1-4H3;3-6H,1-2H3;3-5H,1-2H3;2-4H,1H3;4H,1-3H3;2-5H,1H3;2*2-4H,1H3;2-3H,1H3;2*2-3H,1H3. The van der Waals surface area contributed by atoms with E-state index >= 15 is 0 Å². The summed E-state index contributed by atoms with van der Waals surface area (Å²) in [6.45, 7) is 52.3. The molecule has 19 nitrogen and oxygen atoms in total. The Morgan fingerprint density at radius 2 is 0.961 bits per heavy atom. The zero-order valence-corrected chi connectivity index (χ0v) is 85.5.